The average Bonchev–Trinajstić information content (AvgIpc) is 2.89. The van der Waals surface area contributed by atoms with Crippen LogP contribution in [0.3, 0.4) is 0 Å². The lowest BCUT2D eigenvalue weighted by Gasteiger charge is -2.13. The lowest BCUT2D eigenvalue weighted by molar-refractivity contribution is -0.137. The van der Waals surface area contributed by atoms with Gasteiger partial charge in [-0.3, -0.25) is 0 Å². The molecule has 0 spiro atoms. The Hall–Kier alpha value is -1.82. The Balaban J connectivity index is 1.86. The number of benzene rings is 1. The van der Waals surface area contributed by atoms with Gasteiger partial charge in [-0.05, 0) is 31.0 Å². The fourth-order valence-electron chi connectivity index (χ4n) is 1.92. The number of H-pyrrole nitrogens is 1. The first-order valence-electron chi connectivity index (χ1n) is 6.33. The van der Waals surface area contributed by atoms with E-state index >= 15 is 0 Å². The highest BCUT2D eigenvalue weighted by Crippen LogP contribution is 2.29. The molecule has 1 heterocycles. The summed E-state index contributed by atoms with van der Waals surface area (Å²) in [5.74, 6) is 0.837. The van der Waals surface area contributed by atoms with Gasteiger partial charge in [0.25, 0.3) is 0 Å². The van der Waals surface area contributed by atoms with Crippen LogP contribution in [0.4, 0.5) is 13.2 Å². The van der Waals surface area contributed by atoms with Crippen LogP contribution in [0.5, 0.6) is 0 Å². The van der Waals surface area contributed by atoms with Crippen molar-refractivity contribution in [3.05, 3.63) is 53.6 Å². The van der Waals surface area contributed by atoms with Gasteiger partial charge in [0, 0.05) is 18.4 Å². The predicted molar refractivity (Wildman–Crippen MR) is 70.0 cm³/mol. The number of imidazole rings is 1. The van der Waals surface area contributed by atoms with E-state index in [-0.39, 0.29) is 6.04 Å². The van der Waals surface area contributed by atoms with Crippen molar-refractivity contribution < 1.29 is 13.2 Å². The van der Waals surface area contributed by atoms with E-state index in [0.717, 1.165) is 23.5 Å². The number of hydrogen-bond donors (Lipinski definition) is 2. The molecule has 20 heavy (non-hydrogen) atoms. The second-order valence-electron chi connectivity index (χ2n) is 4.72. The zero-order valence-corrected chi connectivity index (χ0v) is 11.0. The minimum atomic E-state index is -4.28. The summed E-state index contributed by atoms with van der Waals surface area (Å²) in [6.07, 6.45) is -0.185. The molecule has 0 aliphatic carbocycles. The van der Waals surface area contributed by atoms with E-state index in [2.05, 4.69) is 15.3 Å². The fraction of sp³-hybridized carbons (Fsp3) is 0.357. The van der Waals surface area contributed by atoms with Gasteiger partial charge in [-0.2, -0.15) is 13.2 Å². The second-order valence-corrected chi connectivity index (χ2v) is 4.72. The maximum Gasteiger partial charge on any atom is 0.416 e. The lowest BCUT2D eigenvalue weighted by Crippen LogP contribution is -2.28. The summed E-state index contributed by atoms with van der Waals surface area (Å²) < 4.78 is 37.3. The van der Waals surface area contributed by atoms with Crippen LogP contribution in [0.15, 0.2) is 36.7 Å². The zero-order chi connectivity index (χ0) is 14.6. The van der Waals surface area contributed by atoms with Crippen LogP contribution < -0.4 is 5.32 Å². The smallest absolute Gasteiger partial charge is 0.348 e. The molecule has 1 unspecified atom stereocenters. The second kappa shape index (κ2) is 6.09. The van der Waals surface area contributed by atoms with E-state index < -0.39 is 11.7 Å². The van der Waals surface area contributed by atoms with Crippen molar-refractivity contribution in [1.29, 1.82) is 0 Å². The largest absolute Gasteiger partial charge is 0.416 e. The molecule has 6 heteroatoms. The van der Waals surface area contributed by atoms with Gasteiger partial charge in [-0.1, -0.05) is 12.1 Å². The number of alkyl halides is 3. The van der Waals surface area contributed by atoms with Crippen molar-refractivity contribution in [2.24, 2.45) is 0 Å². The Labute approximate surface area is 115 Å². The number of nitrogens with zero attached hydrogens (tertiary/aromatic N) is 1. The van der Waals surface area contributed by atoms with Crippen LogP contribution in [0.25, 0.3) is 0 Å². The first-order valence-corrected chi connectivity index (χ1v) is 6.33. The van der Waals surface area contributed by atoms with Gasteiger partial charge in [0.05, 0.1) is 12.1 Å². The van der Waals surface area contributed by atoms with Crippen LogP contribution in [0.2, 0.25) is 0 Å². The molecule has 0 saturated carbocycles. The highest BCUT2D eigenvalue weighted by Gasteiger charge is 2.29. The molecule has 0 bridgehead atoms. The maximum atomic E-state index is 12.4. The highest BCUT2D eigenvalue weighted by molar-refractivity contribution is 5.25. The minimum Gasteiger partial charge on any atom is -0.348 e. The minimum absolute atomic E-state index is 0.150. The number of nitrogens with one attached hydrogen (secondary N) is 2. The van der Waals surface area contributed by atoms with E-state index in [0.29, 0.717) is 13.0 Å². The Bertz CT molecular complexity index is 518. The normalized spacial score (nSPS) is 13.4. The van der Waals surface area contributed by atoms with Gasteiger partial charge < -0.3 is 10.3 Å². The molecule has 0 aliphatic rings. The number of aromatic nitrogens is 2. The summed E-state index contributed by atoms with van der Waals surface area (Å²) in [5.41, 5.74) is 0.259. The van der Waals surface area contributed by atoms with Crippen molar-refractivity contribution >= 4 is 0 Å². The molecule has 3 nitrogen and oxygen atoms in total. The Morgan fingerprint density at radius 3 is 2.50 bits per heavy atom. The molecular formula is C14H16F3N3. The summed E-state index contributed by atoms with van der Waals surface area (Å²) in [6.45, 7) is 2.59. The molecule has 2 rings (SSSR count). The summed E-state index contributed by atoms with van der Waals surface area (Å²) >= 11 is 0. The van der Waals surface area contributed by atoms with Crippen LogP contribution >= 0.6 is 0 Å². The van der Waals surface area contributed by atoms with Gasteiger partial charge >= 0.3 is 6.18 Å². The molecule has 0 aliphatic heterocycles. The predicted octanol–water partition coefficient (Wildman–Crippen LogP) is 3.15. The van der Waals surface area contributed by atoms with E-state index in [9.17, 15) is 13.2 Å². The molecule has 1 aromatic carbocycles. The summed E-state index contributed by atoms with van der Waals surface area (Å²) in [6, 6.07) is 5.43. The molecule has 0 radical (unpaired) electrons. The molecule has 1 atom stereocenters. The molecule has 108 valence electrons. The van der Waals surface area contributed by atoms with Gasteiger partial charge in [0.2, 0.25) is 0 Å². The van der Waals surface area contributed by atoms with Gasteiger partial charge in [-0.25, -0.2) is 4.98 Å². The van der Waals surface area contributed by atoms with Crippen molar-refractivity contribution in [2.45, 2.75) is 32.1 Å². The maximum absolute atomic E-state index is 12.4. The summed E-state index contributed by atoms with van der Waals surface area (Å²) in [7, 11) is 0. The van der Waals surface area contributed by atoms with E-state index in [4.69, 9.17) is 0 Å². The molecular weight excluding hydrogens is 267 g/mol. The van der Waals surface area contributed by atoms with Crippen molar-refractivity contribution in [2.75, 3.05) is 0 Å². The van der Waals surface area contributed by atoms with Crippen LogP contribution in [-0.2, 0) is 19.1 Å². The van der Waals surface area contributed by atoms with Gasteiger partial charge in [-0.15, -0.1) is 0 Å². The van der Waals surface area contributed by atoms with E-state index in [1.807, 2.05) is 6.92 Å². The quantitative estimate of drug-likeness (QED) is 0.885. The van der Waals surface area contributed by atoms with Gasteiger partial charge in [0.15, 0.2) is 0 Å². The Morgan fingerprint density at radius 1 is 1.25 bits per heavy atom. The van der Waals surface area contributed by atoms with E-state index in [1.165, 1.54) is 12.1 Å². The molecule has 0 amide bonds. The number of aromatic amines is 1. The monoisotopic (exact) mass is 283 g/mol. The number of hydrogen-bond acceptors (Lipinski definition) is 2. The summed E-state index contributed by atoms with van der Waals surface area (Å²) in [4.78, 5) is 7.07. The topological polar surface area (TPSA) is 40.7 Å². The molecule has 2 aromatic rings. The van der Waals surface area contributed by atoms with E-state index in [1.54, 1.807) is 12.4 Å². The van der Waals surface area contributed by atoms with Crippen LogP contribution in [0, 0.1) is 0 Å². The van der Waals surface area contributed by atoms with Crippen molar-refractivity contribution in [3.63, 3.8) is 0 Å². The SMILES string of the molecule is CC(Cc1ccc(C(F)(F)F)cc1)NCc1ncc[nH]1. The molecule has 2 N–H and O–H groups in total. The first-order chi connectivity index (χ1) is 9.45. The molecule has 0 fully saturated rings. The average molecular weight is 283 g/mol. The highest BCUT2D eigenvalue weighted by atomic mass is 19.4. The Kier molecular flexibility index (Phi) is 4.44. The third-order valence-electron chi connectivity index (χ3n) is 3.00. The number of rotatable bonds is 5. The van der Waals surface area contributed by atoms with Crippen LogP contribution in [-0.4, -0.2) is 16.0 Å². The van der Waals surface area contributed by atoms with Crippen LogP contribution in [0.1, 0.15) is 23.9 Å². The number of halogens is 3. The summed E-state index contributed by atoms with van der Waals surface area (Å²) in [5, 5.41) is 3.26. The Morgan fingerprint density at radius 2 is 1.95 bits per heavy atom. The fourth-order valence-corrected chi connectivity index (χ4v) is 1.92. The first kappa shape index (κ1) is 14.6. The third-order valence-corrected chi connectivity index (χ3v) is 3.00. The molecule has 0 saturated heterocycles. The third kappa shape index (κ3) is 4.09. The van der Waals surface area contributed by atoms with Crippen molar-refractivity contribution in [3.8, 4) is 0 Å². The van der Waals surface area contributed by atoms with Gasteiger partial charge in [0.1, 0.15) is 5.82 Å². The van der Waals surface area contributed by atoms with Crippen molar-refractivity contribution in [1.82, 2.24) is 15.3 Å². The zero-order valence-electron chi connectivity index (χ0n) is 11.0. The standard InChI is InChI=1S/C14H16F3N3/c1-10(20-9-13-18-6-7-19-13)8-11-2-4-12(5-3-11)14(15,16)17/h2-7,10,20H,8-9H2,1H3,(H,18,19). The lowest BCUT2D eigenvalue weighted by atomic mass is 10.0. The molecule has 1 aromatic heterocycles.